The number of benzene rings is 2. The van der Waals surface area contributed by atoms with Gasteiger partial charge in [0.05, 0.1) is 29.3 Å². The summed E-state index contributed by atoms with van der Waals surface area (Å²) < 4.78 is 6.66. The molecule has 0 fully saturated rings. The van der Waals surface area contributed by atoms with Gasteiger partial charge >= 0.3 is 0 Å². The number of amides is 1. The molecule has 1 aromatic heterocycles. The summed E-state index contributed by atoms with van der Waals surface area (Å²) in [6.07, 6.45) is 0. The molecule has 0 spiro atoms. The lowest BCUT2D eigenvalue weighted by atomic mass is 10.2. The molecular formula is C20H20ClN3O3S. The van der Waals surface area contributed by atoms with E-state index in [1.165, 1.54) is 16.3 Å². The quantitative estimate of drug-likeness (QED) is 0.467. The Balaban J connectivity index is 1.91. The molecule has 3 aromatic rings. The zero-order valence-corrected chi connectivity index (χ0v) is 17.1. The average molecular weight is 418 g/mol. The van der Waals surface area contributed by atoms with Gasteiger partial charge in [0.15, 0.2) is 5.16 Å². The van der Waals surface area contributed by atoms with Crippen LogP contribution >= 0.6 is 23.4 Å². The first-order valence-corrected chi connectivity index (χ1v) is 9.97. The number of thioether (sulfide) groups is 1. The highest BCUT2D eigenvalue weighted by molar-refractivity contribution is 8.00. The van der Waals surface area contributed by atoms with E-state index < -0.39 is 5.25 Å². The van der Waals surface area contributed by atoms with Crippen molar-refractivity contribution in [2.75, 3.05) is 19.0 Å². The molecule has 0 saturated heterocycles. The van der Waals surface area contributed by atoms with E-state index in [0.29, 0.717) is 34.2 Å². The van der Waals surface area contributed by atoms with Gasteiger partial charge in [0.25, 0.3) is 5.56 Å². The van der Waals surface area contributed by atoms with Crippen LogP contribution in [-0.2, 0) is 16.1 Å². The molecule has 1 heterocycles. The molecule has 0 radical (unpaired) electrons. The van der Waals surface area contributed by atoms with Gasteiger partial charge in [-0.15, -0.1) is 0 Å². The van der Waals surface area contributed by atoms with Crippen LogP contribution < -0.4 is 10.9 Å². The number of para-hydroxylation sites is 1. The van der Waals surface area contributed by atoms with Crippen LogP contribution in [0.4, 0.5) is 5.69 Å². The second-order valence-electron chi connectivity index (χ2n) is 6.12. The predicted molar refractivity (Wildman–Crippen MR) is 113 cm³/mol. The number of hydrogen-bond donors (Lipinski definition) is 1. The predicted octanol–water partition coefficient (Wildman–Crippen LogP) is 3.82. The molecule has 28 heavy (non-hydrogen) atoms. The first kappa shape index (κ1) is 20.4. The van der Waals surface area contributed by atoms with Crippen LogP contribution in [0, 0.1) is 0 Å². The number of hydrogen-bond acceptors (Lipinski definition) is 5. The highest BCUT2D eigenvalue weighted by Gasteiger charge is 2.19. The summed E-state index contributed by atoms with van der Waals surface area (Å²) in [5.74, 6) is -0.171. The summed E-state index contributed by atoms with van der Waals surface area (Å²) in [7, 11) is 1.57. The summed E-state index contributed by atoms with van der Waals surface area (Å²) in [6, 6.07) is 14.2. The van der Waals surface area contributed by atoms with Gasteiger partial charge in [-0.05, 0) is 37.3 Å². The number of ether oxygens (including phenoxy) is 1. The van der Waals surface area contributed by atoms with Crippen LogP contribution in [0.2, 0.25) is 5.02 Å². The van der Waals surface area contributed by atoms with Crippen molar-refractivity contribution in [1.29, 1.82) is 0 Å². The van der Waals surface area contributed by atoms with Crippen molar-refractivity contribution in [2.45, 2.75) is 23.9 Å². The Labute approximate surface area is 171 Å². The van der Waals surface area contributed by atoms with Crippen molar-refractivity contribution in [3.63, 3.8) is 0 Å². The summed E-state index contributed by atoms with van der Waals surface area (Å²) in [4.78, 5) is 30.1. The van der Waals surface area contributed by atoms with E-state index in [9.17, 15) is 9.59 Å². The number of anilines is 1. The van der Waals surface area contributed by atoms with Gasteiger partial charge in [0, 0.05) is 17.8 Å². The van der Waals surface area contributed by atoms with Crippen LogP contribution in [0.3, 0.4) is 0 Å². The third-order valence-corrected chi connectivity index (χ3v) is 5.42. The number of methoxy groups -OCH3 is 1. The van der Waals surface area contributed by atoms with E-state index in [1.807, 2.05) is 30.3 Å². The van der Waals surface area contributed by atoms with Crippen molar-refractivity contribution in [3.8, 4) is 0 Å². The first-order valence-electron chi connectivity index (χ1n) is 8.71. The van der Waals surface area contributed by atoms with Crippen molar-refractivity contribution in [2.24, 2.45) is 0 Å². The van der Waals surface area contributed by atoms with Gasteiger partial charge in [0.1, 0.15) is 0 Å². The lowest BCUT2D eigenvalue weighted by Crippen LogP contribution is -2.28. The standard InChI is InChI=1S/C20H20ClN3O3S/c1-13(18(25)22-15-6-4-3-5-7-15)28-20-23-17-12-14(21)8-9-16(17)19(26)24(20)10-11-27-2/h3-9,12-13H,10-11H2,1-2H3,(H,22,25). The van der Waals surface area contributed by atoms with E-state index in [0.717, 1.165) is 5.69 Å². The number of aromatic nitrogens is 2. The highest BCUT2D eigenvalue weighted by atomic mass is 35.5. The number of fused-ring (bicyclic) bond motifs is 1. The normalized spacial score (nSPS) is 12.1. The minimum Gasteiger partial charge on any atom is -0.383 e. The molecule has 2 aromatic carbocycles. The summed E-state index contributed by atoms with van der Waals surface area (Å²) >= 11 is 7.28. The number of halogens is 1. The van der Waals surface area contributed by atoms with E-state index >= 15 is 0 Å². The zero-order chi connectivity index (χ0) is 20.1. The smallest absolute Gasteiger partial charge is 0.262 e. The Hall–Kier alpha value is -2.35. The number of carbonyl (C=O) groups is 1. The Morgan fingerprint density at radius 2 is 2.04 bits per heavy atom. The minimum atomic E-state index is -0.461. The van der Waals surface area contributed by atoms with E-state index in [2.05, 4.69) is 10.3 Å². The lowest BCUT2D eigenvalue weighted by Gasteiger charge is -2.16. The maximum atomic E-state index is 12.9. The Morgan fingerprint density at radius 3 is 2.75 bits per heavy atom. The van der Waals surface area contributed by atoms with E-state index in [4.69, 9.17) is 16.3 Å². The van der Waals surface area contributed by atoms with Crippen LogP contribution in [0.25, 0.3) is 10.9 Å². The third-order valence-electron chi connectivity index (χ3n) is 4.09. The maximum Gasteiger partial charge on any atom is 0.262 e. The van der Waals surface area contributed by atoms with E-state index in [-0.39, 0.29) is 11.5 Å². The van der Waals surface area contributed by atoms with Crippen LogP contribution in [0.5, 0.6) is 0 Å². The zero-order valence-electron chi connectivity index (χ0n) is 15.5. The van der Waals surface area contributed by atoms with Gasteiger partial charge in [-0.3, -0.25) is 14.2 Å². The van der Waals surface area contributed by atoms with Crippen molar-refractivity contribution in [3.05, 3.63) is 63.9 Å². The molecule has 8 heteroatoms. The van der Waals surface area contributed by atoms with Crippen LogP contribution in [0.15, 0.2) is 58.5 Å². The molecule has 0 bridgehead atoms. The Kier molecular flexibility index (Phi) is 6.72. The molecule has 1 amide bonds. The molecule has 6 nitrogen and oxygen atoms in total. The molecule has 1 atom stereocenters. The van der Waals surface area contributed by atoms with Gasteiger partial charge in [0.2, 0.25) is 5.91 Å². The second kappa shape index (κ2) is 9.23. The molecule has 146 valence electrons. The van der Waals surface area contributed by atoms with Crippen LogP contribution in [0.1, 0.15) is 6.92 Å². The average Bonchev–Trinajstić information content (AvgIpc) is 2.68. The molecule has 0 aliphatic rings. The second-order valence-corrected chi connectivity index (χ2v) is 7.87. The fourth-order valence-corrected chi connectivity index (χ4v) is 3.72. The van der Waals surface area contributed by atoms with Crippen molar-refractivity contribution < 1.29 is 9.53 Å². The molecule has 3 rings (SSSR count). The summed E-state index contributed by atoms with van der Waals surface area (Å²) in [6.45, 7) is 2.48. The largest absolute Gasteiger partial charge is 0.383 e. The van der Waals surface area contributed by atoms with Gasteiger partial charge in [-0.2, -0.15) is 0 Å². The van der Waals surface area contributed by atoms with Gasteiger partial charge < -0.3 is 10.1 Å². The SMILES string of the molecule is COCCn1c(SC(C)C(=O)Nc2ccccc2)nc2cc(Cl)ccc2c1=O. The molecule has 0 aliphatic heterocycles. The van der Waals surface area contributed by atoms with E-state index in [1.54, 1.807) is 32.2 Å². The molecule has 1 N–H and O–H groups in total. The Bertz CT molecular complexity index is 1040. The Morgan fingerprint density at radius 1 is 1.29 bits per heavy atom. The molecule has 0 saturated carbocycles. The fourth-order valence-electron chi connectivity index (χ4n) is 2.62. The lowest BCUT2D eigenvalue weighted by molar-refractivity contribution is -0.115. The summed E-state index contributed by atoms with van der Waals surface area (Å²) in [5.41, 5.74) is 1.04. The fraction of sp³-hybridized carbons (Fsp3) is 0.250. The molecular weight excluding hydrogens is 398 g/mol. The number of carbonyl (C=O) groups excluding carboxylic acids is 1. The monoisotopic (exact) mass is 417 g/mol. The minimum absolute atomic E-state index is 0.171. The third kappa shape index (κ3) is 4.73. The van der Waals surface area contributed by atoms with Crippen LogP contribution in [-0.4, -0.2) is 34.4 Å². The topological polar surface area (TPSA) is 73.2 Å². The summed E-state index contributed by atoms with van der Waals surface area (Å²) in [5, 5.41) is 3.83. The molecule has 1 unspecified atom stereocenters. The van der Waals surface area contributed by atoms with Crippen molar-refractivity contribution >= 4 is 45.9 Å². The first-order chi connectivity index (χ1) is 13.5. The maximum absolute atomic E-state index is 12.9. The number of nitrogens with one attached hydrogen (secondary N) is 1. The van der Waals surface area contributed by atoms with Crippen molar-refractivity contribution in [1.82, 2.24) is 9.55 Å². The van der Waals surface area contributed by atoms with Gasteiger partial charge in [-0.25, -0.2) is 4.98 Å². The highest BCUT2D eigenvalue weighted by Crippen LogP contribution is 2.24. The number of rotatable bonds is 7. The molecule has 0 aliphatic carbocycles. The number of nitrogens with zero attached hydrogens (tertiary/aromatic N) is 2. The van der Waals surface area contributed by atoms with Gasteiger partial charge in [-0.1, -0.05) is 41.6 Å².